The second-order valence-electron chi connectivity index (χ2n) is 5.25. The number of amides is 3. The van der Waals surface area contributed by atoms with Crippen LogP contribution in [0.25, 0.3) is 0 Å². The van der Waals surface area contributed by atoms with Gasteiger partial charge in [-0.2, -0.15) is 0 Å². The summed E-state index contributed by atoms with van der Waals surface area (Å²) in [7, 11) is 0. The molecule has 0 saturated carbocycles. The lowest BCUT2D eigenvalue weighted by Crippen LogP contribution is -2.36. The van der Waals surface area contributed by atoms with Gasteiger partial charge in [0, 0.05) is 11.4 Å². The van der Waals surface area contributed by atoms with Crippen LogP contribution in [-0.4, -0.2) is 18.7 Å². The Bertz CT molecular complexity index is 733. The van der Waals surface area contributed by atoms with Crippen LogP contribution in [0.1, 0.15) is 22.9 Å². The molecule has 1 aromatic carbocycles. The number of primary amides is 1. The normalized spacial score (nSPS) is 13.3. The Morgan fingerprint density at radius 1 is 1.25 bits per heavy atom. The zero-order valence-electron chi connectivity index (χ0n) is 12.8. The number of nitrogens with two attached hydrogens (primary N) is 1. The Balaban J connectivity index is 1.57. The maximum Gasteiger partial charge on any atom is 0.312 e. The number of hydrogen-bond donors (Lipinski definition) is 3. The molecule has 1 atom stereocenters. The molecule has 0 radical (unpaired) electrons. The summed E-state index contributed by atoms with van der Waals surface area (Å²) in [6.07, 6.45) is 0.119. The van der Waals surface area contributed by atoms with Gasteiger partial charge in [-0.05, 0) is 29.1 Å². The molecule has 0 fully saturated rings. The van der Waals surface area contributed by atoms with Crippen LogP contribution >= 0.6 is 11.3 Å². The first-order valence-electron chi connectivity index (χ1n) is 7.36. The molecule has 0 spiro atoms. The van der Waals surface area contributed by atoms with E-state index < -0.39 is 12.1 Å². The SMILES string of the molecule is NC(=O)NC(CC(=O)NCc1ccc2c(c1)OCO2)c1cccs1. The molecule has 8 heteroatoms. The second kappa shape index (κ2) is 7.22. The van der Waals surface area contributed by atoms with E-state index in [1.807, 2.05) is 35.7 Å². The van der Waals surface area contributed by atoms with Crippen molar-refractivity contribution in [2.75, 3.05) is 6.79 Å². The van der Waals surface area contributed by atoms with E-state index in [1.165, 1.54) is 11.3 Å². The van der Waals surface area contributed by atoms with Gasteiger partial charge in [0.15, 0.2) is 11.5 Å². The van der Waals surface area contributed by atoms with Gasteiger partial charge < -0.3 is 25.8 Å². The Kier molecular flexibility index (Phi) is 4.85. The van der Waals surface area contributed by atoms with E-state index >= 15 is 0 Å². The monoisotopic (exact) mass is 347 g/mol. The first-order valence-corrected chi connectivity index (χ1v) is 8.24. The number of nitrogens with one attached hydrogen (secondary N) is 2. The standard InChI is InChI=1S/C16H17N3O4S/c17-16(21)19-11(14-2-1-5-24-14)7-15(20)18-8-10-3-4-12-13(6-10)23-9-22-12/h1-6,11H,7-9H2,(H,18,20)(H3,17,19,21). The lowest BCUT2D eigenvalue weighted by molar-refractivity contribution is -0.121. The summed E-state index contributed by atoms with van der Waals surface area (Å²) in [5, 5.41) is 7.31. The predicted molar refractivity (Wildman–Crippen MR) is 88.8 cm³/mol. The number of thiophene rings is 1. The molecule has 7 nitrogen and oxygen atoms in total. The molecule has 2 aromatic rings. The largest absolute Gasteiger partial charge is 0.454 e. The van der Waals surface area contributed by atoms with E-state index in [1.54, 1.807) is 0 Å². The molecule has 3 rings (SSSR count). The molecule has 0 bridgehead atoms. The highest BCUT2D eigenvalue weighted by molar-refractivity contribution is 7.10. The number of benzene rings is 1. The number of urea groups is 1. The summed E-state index contributed by atoms with van der Waals surface area (Å²) < 4.78 is 10.6. The molecule has 1 aliphatic rings. The minimum absolute atomic E-state index is 0.119. The molecule has 4 N–H and O–H groups in total. The van der Waals surface area contributed by atoms with Gasteiger partial charge >= 0.3 is 6.03 Å². The van der Waals surface area contributed by atoms with Crippen LogP contribution in [0, 0.1) is 0 Å². The number of carbonyl (C=O) groups is 2. The Morgan fingerprint density at radius 3 is 2.83 bits per heavy atom. The fourth-order valence-corrected chi connectivity index (χ4v) is 3.17. The number of fused-ring (bicyclic) bond motifs is 1. The van der Waals surface area contributed by atoms with Crippen LogP contribution in [0.15, 0.2) is 35.7 Å². The first kappa shape index (κ1) is 16.1. The van der Waals surface area contributed by atoms with Crippen molar-refractivity contribution in [2.45, 2.75) is 19.0 Å². The first-order chi connectivity index (χ1) is 11.6. The van der Waals surface area contributed by atoms with E-state index in [0.29, 0.717) is 18.0 Å². The quantitative estimate of drug-likeness (QED) is 0.742. The summed E-state index contributed by atoms with van der Waals surface area (Å²) in [5.41, 5.74) is 6.10. The van der Waals surface area contributed by atoms with Crippen molar-refractivity contribution in [1.29, 1.82) is 0 Å². The molecule has 0 aliphatic carbocycles. The van der Waals surface area contributed by atoms with Crippen molar-refractivity contribution in [1.82, 2.24) is 10.6 Å². The molecule has 1 aliphatic heterocycles. The highest BCUT2D eigenvalue weighted by Gasteiger charge is 2.19. The second-order valence-corrected chi connectivity index (χ2v) is 6.22. The Morgan fingerprint density at radius 2 is 2.08 bits per heavy atom. The maximum atomic E-state index is 12.2. The van der Waals surface area contributed by atoms with Gasteiger partial charge in [-0.3, -0.25) is 4.79 Å². The summed E-state index contributed by atoms with van der Waals surface area (Å²) in [4.78, 5) is 24.2. The fourth-order valence-electron chi connectivity index (χ4n) is 2.39. The van der Waals surface area contributed by atoms with Gasteiger partial charge in [0.25, 0.3) is 0 Å². The number of ether oxygens (including phenoxy) is 2. The van der Waals surface area contributed by atoms with Crippen molar-refractivity contribution in [2.24, 2.45) is 5.73 Å². The van der Waals surface area contributed by atoms with Crippen LogP contribution in [0.5, 0.6) is 11.5 Å². The van der Waals surface area contributed by atoms with Gasteiger partial charge in [-0.25, -0.2) is 4.79 Å². The lowest BCUT2D eigenvalue weighted by Gasteiger charge is -2.16. The number of hydrogen-bond acceptors (Lipinski definition) is 5. The average Bonchev–Trinajstić information content (AvgIpc) is 3.22. The van der Waals surface area contributed by atoms with Crippen LogP contribution in [0.4, 0.5) is 4.79 Å². The number of carbonyl (C=O) groups excluding carboxylic acids is 2. The zero-order chi connectivity index (χ0) is 16.9. The molecule has 3 amide bonds. The highest BCUT2D eigenvalue weighted by Crippen LogP contribution is 2.32. The summed E-state index contributed by atoms with van der Waals surface area (Å²) in [6, 6.07) is 8.15. The zero-order valence-corrected chi connectivity index (χ0v) is 13.6. The molecule has 1 unspecified atom stereocenters. The third kappa shape index (κ3) is 3.96. The van der Waals surface area contributed by atoms with Crippen molar-refractivity contribution >= 4 is 23.3 Å². The van der Waals surface area contributed by atoms with Gasteiger partial charge in [0.2, 0.25) is 12.7 Å². The van der Waals surface area contributed by atoms with Crippen LogP contribution in [-0.2, 0) is 11.3 Å². The van der Waals surface area contributed by atoms with Gasteiger partial charge in [-0.15, -0.1) is 11.3 Å². The van der Waals surface area contributed by atoms with E-state index in [0.717, 1.165) is 10.4 Å². The highest BCUT2D eigenvalue weighted by atomic mass is 32.1. The van der Waals surface area contributed by atoms with Crippen LogP contribution < -0.4 is 25.8 Å². The van der Waals surface area contributed by atoms with Crippen LogP contribution in [0.2, 0.25) is 0 Å². The Hall–Kier alpha value is -2.74. The molecule has 126 valence electrons. The molecule has 0 saturated heterocycles. The summed E-state index contributed by atoms with van der Waals surface area (Å²) >= 11 is 1.46. The minimum atomic E-state index is -0.656. The minimum Gasteiger partial charge on any atom is -0.454 e. The molecular formula is C16H17N3O4S. The number of rotatable bonds is 6. The van der Waals surface area contributed by atoms with Crippen LogP contribution in [0.3, 0.4) is 0 Å². The summed E-state index contributed by atoms with van der Waals surface area (Å²) in [6.45, 7) is 0.579. The third-order valence-corrected chi connectivity index (χ3v) is 4.51. The lowest BCUT2D eigenvalue weighted by atomic mass is 10.1. The van der Waals surface area contributed by atoms with E-state index in [2.05, 4.69) is 10.6 Å². The van der Waals surface area contributed by atoms with E-state index in [9.17, 15) is 9.59 Å². The van der Waals surface area contributed by atoms with Crippen molar-refractivity contribution in [3.63, 3.8) is 0 Å². The van der Waals surface area contributed by atoms with E-state index in [4.69, 9.17) is 15.2 Å². The van der Waals surface area contributed by atoms with E-state index in [-0.39, 0.29) is 19.1 Å². The fraction of sp³-hybridized carbons (Fsp3) is 0.250. The maximum absolute atomic E-state index is 12.2. The van der Waals surface area contributed by atoms with Gasteiger partial charge in [-0.1, -0.05) is 12.1 Å². The van der Waals surface area contributed by atoms with Gasteiger partial charge in [0.1, 0.15) is 0 Å². The van der Waals surface area contributed by atoms with Crippen molar-refractivity contribution in [3.8, 4) is 11.5 Å². The smallest absolute Gasteiger partial charge is 0.312 e. The molecule has 1 aromatic heterocycles. The molecule has 2 heterocycles. The predicted octanol–water partition coefficient (Wildman–Crippen LogP) is 1.89. The third-order valence-electron chi connectivity index (χ3n) is 3.52. The molecular weight excluding hydrogens is 330 g/mol. The van der Waals surface area contributed by atoms with Crippen molar-refractivity contribution < 1.29 is 19.1 Å². The Labute approximate surface area is 142 Å². The average molecular weight is 347 g/mol. The summed E-state index contributed by atoms with van der Waals surface area (Å²) in [5.74, 6) is 1.20. The van der Waals surface area contributed by atoms with Gasteiger partial charge in [0.05, 0.1) is 12.5 Å². The van der Waals surface area contributed by atoms with Crippen molar-refractivity contribution in [3.05, 3.63) is 46.2 Å². The topological polar surface area (TPSA) is 103 Å². The molecule has 24 heavy (non-hydrogen) atoms.